The molecule has 1 unspecified atom stereocenters. The highest BCUT2D eigenvalue weighted by atomic mass is 35.5. The Labute approximate surface area is 168 Å². The number of nitrogens with two attached hydrogens (primary N) is 1. The Morgan fingerprint density at radius 2 is 1.71 bits per heavy atom. The van der Waals surface area contributed by atoms with Gasteiger partial charge in [0.15, 0.2) is 0 Å². The normalized spacial score (nSPS) is 12.6. The first-order valence-corrected chi connectivity index (χ1v) is 10.5. The number of benzene rings is 2. The Morgan fingerprint density at radius 1 is 1.11 bits per heavy atom. The number of aromatic amines is 1. The molecule has 0 amide bonds. The molecule has 1 heterocycles. The van der Waals surface area contributed by atoms with Crippen LogP contribution in [0.3, 0.4) is 0 Å². The highest BCUT2D eigenvalue weighted by Gasteiger charge is 2.19. The van der Waals surface area contributed by atoms with Crippen molar-refractivity contribution in [2.24, 2.45) is 5.14 Å². The van der Waals surface area contributed by atoms with Crippen LogP contribution in [0.2, 0.25) is 5.02 Å². The first-order valence-electron chi connectivity index (χ1n) is 8.54. The molecule has 0 spiro atoms. The molecule has 0 saturated carbocycles. The minimum atomic E-state index is -3.82. The molecule has 28 heavy (non-hydrogen) atoms. The molecule has 3 aromatic rings. The number of hydrogen-bond acceptors (Lipinski definition) is 3. The second-order valence-corrected chi connectivity index (χ2v) is 8.33. The van der Waals surface area contributed by atoms with Crippen LogP contribution in [0.15, 0.2) is 54.6 Å². The Bertz CT molecular complexity index is 1100. The van der Waals surface area contributed by atoms with Crippen LogP contribution in [0, 0.1) is 6.92 Å². The van der Waals surface area contributed by atoms with Crippen molar-refractivity contribution in [3.63, 3.8) is 0 Å². The summed E-state index contributed by atoms with van der Waals surface area (Å²) in [5, 5.41) is 5.44. The van der Waals surface area contributed by atoms with Gasteiger partial charge in [-0.1, -0.05) is 60.5 Å². The van der Waals surface area contributed by atoms with E-state index < -0.39 is 10.2 Å². The van der Waals surface area contributed by atoms with E-state index in [0.29, 0.717) is 27.7 Å². The van der Waals surface area contributed by atoms with Crippen LogP contribution in [-0.2, 0) is 10.2 Å². The minimum Gasteiger partial charge on any atom is -0.354 e. The summed E-state index contributed by atoms with van der Waals surface area (Å²) in [7, 11) is -3.82. The van der Waals surface area contributed by atoms with Gasteiger partial charge < -0.3 is 4.98 Å². The van der Waals surface area contributed by atoms with E-state index in [9.17, 15) is 13.2 Å². The number of ketones is 1. The summed E-state index contributed by atoms with van der Waals surface area (Å²) in [4.78, 5) is 15.8. The van der Waals surface area contributed by atoms with Crippen molar-refractivity contribution < 1.29 is 13.2 Å². The van der Waals surface area contributed by atoms with Crippen molar-refractivity contribution in [2.75, 3.05) is 4.72 Å². The number of carbonyl (C=O) groups excluding carboxylic acids is 1. The van der Waals surface area contributed by atoms with E-state index in [2.05, 4.69) is 9.71 Å². The standard InChI is InChI=1S/C20H20ClN3O3S/c1-12-3-5-15(6-4-12)20(25)18-11-17(21)19(23-18)13(2)14-7-9-16(10-8-14)24-28(22,26)27/h3-11,13,23-24H,1-2H3,(H2,22,26,27). The van der Waals surface area contributed by atoms with Gasteiger partial charge >= 0.3 is 0 Å². The van der Waals surface area contributed by atoms with Crippen LogP contribution in [0.25, 0.3) is 0 Å². The first kappa shape index (κ1) is 20.1. The summed E-state index contributed by atoms with van der Waals surface area (Å²) in [5.74, 6) is -0.261. The average Bonchev–Trinajstić information content (AvgIpc) is 3.02. The first-order chi connectivity index (χ1) is 13.1. The molecule has 146 valence electrons. The van der Waals surface area contributed by atoms with E-state index in [1.807, 2.05) is 26.0 Å². The fourth-order valence-electron chi connectivity index (χ4n) is 2.91. The monoisotopic (exact) mass is 417 g/mol. The average molecular weight is 418 g/mol. The van der Waals surface area contributed by atoms with Gasteiger partial charge in [-0.05, 0) is 30.7 Å². The van der Waals surface area contributed by atoms with E-state index in [1.165, 1.54) is 0 Å². The predicted molar refractivity (Wildman–Crippen MR) is 111 cm³/mol. The summed E-state index contributed by atoms with van der Waals surface area (Å²) < 4.78 is 24.4. The van der Waals surface area contributed by atoms with Crippen LogP contribution in [0.1, 0.15) is 45.7 Å². The van der Waals surface area contributed by atoms with Gasteiger partial charge in [0.1, 0.15) is 0 Å². The zero-order chi connectivity index (χ0) is 20.5. The molecule has 0 aliphatic rings. The topological polar surface area (TPSA) is 105 Å². The van der Waals surface area contributed by atoms with Gasteiger partial charge in [0.2, 0.25) is 5.78 Å². The van der Waals surface area contributed by atoms with Gasteiger partial charge in [-0.15, -0.1) is 0 Å². The number of aryl methyl sites for hydroxylation is 1. The number of nitrogens with one attached hydrogen (secondary N) is 2. The van der Waals surface area contributed by atoms with Gasteiger partial charge in [0, 0.05) is 22.9 Å². The zero-order valence-electron chi connectivity index (χ0n) is 15.4. The van der Waals surface area contributed by atoms with Crippen molar-refractivity contribution in [3.05, 3.63) is 87.7 Å². The molecule has 0 radical (unpaired) electrons. The van der Waals surface area contributed by atoms with Gasteiger partial charge in [0.25, 0.3) is 10.2 Å². The van der Waals surface area contributed by atoms with Crippen LogP contribution < -0.4 is 9.86 Å². The highest BCUT2D eigenvalue weighted by molar-refractivity contribution is 7.90. The third kappa shape index (κ3) is 4.62. The predicted octanol–water partition coefficient (Wildman–Crippen LogP) is 3.97. The molecule has 0 fully saturated rings. The third-order valence-corrected chi connectivity index (χ3v) is 5.29. The van der Waals surface area contributed by atoms with Gasteiger partial charge in [-0.25, -0.2) is 5.14 Å². The van der Waals surface area contributed by atoms with Crippen molar-refractivity contribution in [1.29, 1.82) is 0 Å². The van der Waals surface area contributed by atoms with E-state index in [0.717, 1.165) is 11.1 Å². The largest absolute Gasteiger partial charge is 0.354 e. The molecule has 0 aliphatic carbocycles. The molecule has 8 heteroatoms. The lowest BCUT2D eigenvalue weighted by molar-refractivity contribution is 0.103. The molecule has 1 aromatic heterocycles. The maximum atomic E-state index is 12.7. The summed E-state index contributed by atoms with van der Waals surface area (Å²) in [6, 6.07) is 15.8. The SMILES string of the molecule is Cc1ccc(C(=O)c2cc(Cl)c(C(C)c3ccc(NS(N)(=O)=O)cc3)[nH]2)cc1. The van der Waals surface area contributed by atoms with Crippen LogP contribution in [0.4, 0.5) is 5.69 Å². The zero-order valence-corrected chi connectivity index (χ0v) is 16.9. The van der Waals surface area contributed by atoms with Gasteiger partial charge in [0.05, 0.1) is 10.7 Å². The lowest BCUT2D eigenvalue weighted by atomic mass is 9.98. The molecule has 1 atom stereocenters. The second kappa shape index (κ2) is 7.79. The summed E-state index contributed by atoms with van der Waals surface area (Å²) >= 11 is 6.37. The van der Waals surface area contributed by atoms with E-state index in [1.54, 1.807) is 42.5 Å². The molecule has 4 N–H and O–H groups in total. The number of rotatable bonds is 6. The Morgan fingerprint density at radius 3 is 2.29 bits per heavy atom. The van der Waals surface area contributed by atoms with E-state index in [4.69, 9.17) is 16.7 Å². The molecule has 0 saturated heterocycles. The van der Waals surface area contributed by atoms with Crippen molar-refractivity contribution in [2.45, 2.75) is 19.8 Å². The molecule has 2 aromatic carbocycles. The lowest BCUT2D eigenvalue weighted by Crippen LogP contribution is -2.21. The van der Waals surface area contributed by atoms with Crippen molar-refractivity contribution >= 4 is 33.3 Å². The molecule has 0 aliphatic heterocycles. The molecule has 0 bridgehead atoms. The Hall–Kier alpha value is -2.61. The van der Waals surface area contributed by atoms with Crippen molar-refractivity contribution in [1.82, 2.24) is 4.98 Å². The number of hydrogen-bond donors (Lipinski definition) is 3. The molecule has 6 nitrogen and oxygen atoms in total. The smallest absolute Gasteiger partial charge is 0.296 e. The molecular weight excluding hydrogens is 398 g/mol. The van der Waals surface area contributed by atoms with E-state index in [-0.39, 0.29) is 11.7 Å². The third-order valence-electron chi connectivity index (χ3n) is 4.46. The fourth-order valence-corrected chi connectivity index (χ4v) is 3.70. The number of carbonyl (C=O) groups is 1. The maximum absolute atomic E-state index is 12.7. The summed E-state index contributed by atoms with van der Waals surface area (Å²) in [5.41, 5.74) is 4.06. The van der Waals surface area contributed by atoms with E-state index >= 15 is 0 Å². The Balaban J connectivity index is 1.84. The molecular formula is C20H20ClN3O3S. The van der Waals surface area contributed by atoms with Crippen LogP contribution in [0.5, 0.6) is 0 Å². The van der Waals surface area contributed by atoms with Gasteiger partial charge in [-0.3, -0.25) is 9.52 Å². The lowest BCUT2D eigenvalue weighted by Gasteiger charge is -2.12. The molecule has 3 rings (SSSR count). The quantitative estimate of drug-likeness (QED) is 0.528. The number of anilines is 1. The van der Waals surface area contributed by atoms with Gasteiger partial charge in [-0.2, -0.15) is 8.42 Å². The maximum Gasteiger partial charge on any atom is 0.296 e. The summed E-state index contributed by atoms with van der Waals surface area (Å²) in [6.07, 6.45) is 0. The van der Waals surface area contributed by atoms with Crippen molar-refractivity contribution in [3.8, 4) is 0 Å². The second-order valence-electron chi connectivity index (χ2n) is 6.63. The Kier molecular flexibility index (Phi) is 5.60. The summed E-state index contributed by atoms with van der Waals surface area (Å²) in [6.45, 7) is 3.91. The fraction of sp³-hybridized carbons (Fsp3) is 0.150. The van der Waals surface area contributed by atoms with Crippen LogP contribution in [-0.4, -0.2) is 19.2 Å². The van der Waals surface area contributed by atoms with Crippen LogP contribution >= 0.6 is 11.6 Å². The number of H-pyrrole nitrogens is 1. The highest BCUT2D eigenvalue weighted by Crippen LogP contribution is 2.31. The number of halogens is 1. The minimum absolute atomic E-state index is 0.129. The number of aromatic nitrogens is 1.